The van der Waals surface area contributed by atoms with Crippen LogP contribution in [0.1, 0.15) is 39.3 Å². The van der Waals surface area contributed by atoms with Gasteiger partial charge < -0.3 is 4.90 Å². The third-order valence-corrected chi connectivity index (χ3v) is 7.85. The normalized spacial score (nSPS) is 16.1. The molecule has 2 aromatic carbocycles. The lowest BCUT2D eigenvalue weighted by molar-refractivity contribution is -0.120. The van der Waals surface area contributed by atoms with Gasteiger partial charge in [0.2, 0.25) is 5.91 Å². The molecule has 0 N–H and O–H groups in total. The maximum atomic E-state index is 14.0. The fourth-order valence-corrected chi connectivity index (χ4v) is 5.84. The maximum Gasteiger partial charge on any atom is 0.256 e. The van der Waals surface area contributed by atoms with Crippen LogP contribution in [0.4, 0.5) is 9.52 Å². The first-order chi connectivity index (χ1) is 17.1. The summed E-state index contributed by atoms with van der Waals surface area (Å²) in [7, 11) is 0. The van der Waals surface area contributed by atoms with E-state index in [0.29, 0.717) is 32.7 Å². The van der Waals surface area contributed by atoms with Gasteiger partial charge in [0.15, 0.2) is 5.13 Å². The van der Waals surface area contributed by atoms with E-state index in [0.717, 1.165) is 35.7 Å². The maximum absolute atomic E-state index is 14.0. The molecule has 0 spiro atoms. The van der Waals surface area contributed by atoms with E-state index in [1.807, 2.05) is 35.2 Å². The quantitative estimate of drug-likeness (QED) is 0.519. The van der Waals surface area contributed by atoms with Crippen molar-refractivity contribution in [2.45, 2.75) is 32.2 Å². The highest BCUT2D eigenvalue weighted by molar-refractivity contribution is 7.15. The Balaban J connectivity index is 1.26. The topological polar surface area (TPSA) is 56.8 Å². The lowest BCUT2D eigenvalue weighted by Crippen LogP contribution is -2.51. The molecule has 6 nitrogen and oxygen atoms in total. The monoisotopic (exact) mass is 492 g/mol. The van der Waals surface area contributed by atoms with Gasteiger partial charge in [-0.1, -0.05) is 42.5 Å². The van der Waals surface area contributed by atoms with Crippen molar-refractivity contribution in [1.29, 1.82) is 0 Å². The summed E-state index contributed by atoms with van der Waals surface area (Å²) in [6.45, 7) is 2.81. The van der Waals surface area contributed by atoms with Gasteiger partial charge in [-0.25, -0.2) is 9.37 Å². The van der Waals surface area contributed by atoms with Crippen molar-refractivity contribution in [2.75, 3.05) is 37.6 Å². The molecule has 1 aliphatic heterocycles. The van der Waals surface area contributed by atoms with E-state index in [2.05, 4.69) is 4.90 Å². The van der Waals surface area contributed by atoms with Crippen LogP contribution in [0.2, 0.25) is 0 Å². The van der Waals surface area contributed by atoms with Crippen molar-refractivity contribution in [2.24, 2.45) is 0 Å². The molecule has 1 fully saturated rings. The van der Waals surface area contributed by atoms with E-state index >= 15 is 0 Å². The molecule has 182 valence electrons. The average molecular weight is 493 g/mol. The van der Waals surface area contributed by atoms with Crippen LogP contribution >= 0.6 is 11.3 Å². The zero-order chi connectivity index (χ0) is 24.2. The summed E-state index contributed by atoms with van der Waals surface area (Å²) in [5.74, 6) is -0.792. The second kappa shape index (κ2) is 10.7. The Bertz CT molecular complexity index is 1170. The molecular formula is C27H29FN4O2S. The number of halogens is 1. The number of thiazole rings is 1. The fraction of sp³-hybridized carbons (Fsp3) is 0.370. The van der Waals surface area contributed by atoms with Gasteiger partial charge >= 0.3 is 0 Å². The van der Waals surface area contributed by atoms with Crippen LogP contribution in [0, 0.1) is 5.82 Å². The highest BCUT2D eigenvalue weighted by atomic mass is 32.1. The van der Waals surface area contributed by atoms with Gasteiger partial charge in [0, 0.05) is 31.1 Å². The van der Waals surface area contributed by atoms with Crippen LogP contribution < -0.4 is 4.90 Å². The van der Waals surface area contributed by atoms with Crippen LogP contribution in [-0.4, -0.2) is 59.3 Å². The number of piperazine rings is 1. The van der Waals surface area contributed by atoms with E-state index in [4.69, 9.17) is 4.98 Å². The number of hydrogen-bond donors (Lipinski definition) is 0. The van der Waals surface area contributed by atoms with Gasteiger partial charge in [0.25, 0.3) is 5.91 Å². The second-order valence-corrected chi connectivity index (χ2v) is 10.1. The van der Waals surface area contributed by atoms with Crippen LogP contribution in [0.25, 0.3) is 0 Å². The number of rotatable bonds is 6. The summed E-state index contributed by atoms with van der Waals surface area (Å²) in [6.07, 6.45) is 4.35. The standard InChI is InChI=1S/C27H29FN4O2S/c28-22-11-5-4-10-21(22)26(34)31-16-14-30(15-17-31)19-25(33)32(18-20-8-2-1-3-9-20)27-29-23-12-6-7-13-24(23)35-27/h1-5,8-11H,6-7,12-19H2. The minimum atomic E-state index is -0.502. The zero-order valence-electron chi connectivity index (χ0n) is 19.7. The Morgan fingerprint density at radius 1 is 0.943 bits per heavy atom. The molecule has 1 saturated heterocycles. The molecular weight excluding hydrogens is 463 g/mol. The minimum Gasteiger partial charge on any atom is -0.336 e. The predicted molar refractivity (Wildman–Crippen MR) is 135 cm³/mol. The number of aromatic nitrogens is 1. The van der Waals surface area contributed by atoms with Crippen LogP contribution in [0.15, 0.2) is 54.6 Å². The van der Waals surface area contributed by atoms with Crippen molar-refractivity contribution >= 4 is 28.3 Å². The molecule has 2 aliphatic rings. The lowest BCUT2D eigenvalue weighted by atomic mass is 10.0. The fourth-order valence-electron chi connectivity index (χ4n) is 4.67. The highest BCUT2D eigenvalue weighted by Gasteiger charge is 2.28. The lowest BCUT2D eigenvalue weighted by Gasteiger charge is -2.35. The van der Waals surface area contributed by atoms with E-state index < -0.39 is 5.82 Å². The third-order valence-electron chi connectivity index (χ3n) is 6.67. The Morgan fingerprint density at radius 2 is 1.66 bits per heavy atom. The number of hydrogen-bond acceptors (Lipinski definition) is 5. The first-order valence-electron chi connectivity index (χ1n) is 12.2. The number of amides is 2. The van der Waals surface area contributed by atoms with Crippen molar-refractivity contribution in [1.82, 2.24) is 14.8 Å². The number of nitrogens with zero attached hydrogens (tertiary/aromatic N) is 4. The third kappa shape index (κ3) is 5.44. The molecule has 5 rings (SSSR count). The molecule has 8 heteroatoms. The SMILES string of the molecule is O=C(c1ccccc1F)N1CCN(CC(=O)N(Cc2ccccc2)c2nc3c(s2)CCCC3)CC1. The average Bonchev–Trinajstić information content (AvgIpc) is 3.32. The van der Waals surface area contributed by atoms with Crippen LogP contribution in [-0.2, 0) is 24.2 Å². The Kier molecular flexibility index (Phi) is 7.20. The summed E-state index contributed by atoms with van der Waals surface area (Å²) in [4.78, 5) is 38.0. The summed E-state index contributed by atoms with van der Waals surface area (Å²) in [5.41, 5.74) is 2.30. The summed E-state index contributed by atoms with van der Waals surface area (Å²) >= 11 is 1.64. The van der Waals surface area contributed by atoms with Gasteiger partial charge in [-0.2, -0.15) is 0 Å². The largest absolute Gasteiger partial charge is 0.336 e. The molecule has 0 unspecified atom stereocenters. The number of aryl methyl sites for hydroxylation is 2. The zero-order valence-corrected chi connectivity index (χ0v) is 20.5. The Hall–Kier alpha value is -3.10. The molecule has 1 aromatic heterocycles. The number of carbonyl (C=O) groups is 2. The van der Waals surface area contributed by atoms with Gasteiger partial charge in [0.05, 0.1) is 24.3 Å². The number of anilines is 1. The van der Waals surface area contributed by atoms with Gasteiger partial charge in [0.1, 0.15) is 5.82 Å². The van der Waals surface area contributed by atoms with Crippen molar-refractivity contribution < 1.29 is 14.0 Å². The smallest absolute Gasteiger partial charge is 0.256 e. The molecule has 0 radical (unpaired) electrons. The molecule has 0 atom stereocenters. The molecule has 2 amide bonds. The Morgan fingerprint density at radius 3 is 2.40 bits per heavy atom. The van der Waals surface area contributed by atoms with Crippen LogP contribution in [0.5, 0.6) is 0 Å². The van der Waals surface area contributed by atoms with Crippen molar-refractivity contribution in [3.63, 3.8) is 0 Å². The number of fused-ring (bicyclic) bond motifs is 1. The van der Waals surface area contributed by atoms with Gasteiger partial charge in [-0.05, 0) is 43.4 Å². The van der Waals surface area contributed by atoms with Crippen LogP contribution in [0.3, 0.4) is 0 Å². The molecule has 0 saturated carbocycles. The Labute approximate surface area is 209 Å². The summed E-state index contributed by atoms with van der Waals surface area (Å²) < 4.78 is 14.0. The van der Waals surface area contributed by atoms with Crippen molar-refractivity contribution in [3.8, 4) is 0 Å². The van der Waals surface area contributed by atoms with Gasteiger partial charge in [-0.15, -0.1) is 11.3 Å². The van der Waals surface area contributed by atoms with Crippen molar-refractivity contribution in [3.05, 3.63) is 82.1 Å². The van der Waals surface area contributed by atoms with E-state index in [1.165, 1.54) is 23.4 Å². The minimum absolute atomic E-state index is 0.00818. The van der Waals surface area contributed by atoms with Gasteiger partial charge in [-0.3, -0.25) is 19.4 Å². The van der Waals surface area contributed by atoms with E-state index in [1.54, 1.807) is 28.4 Å². The summed E-state index contributed by atoms with van der Waals surface area (Å²) in [5, 5.41) is 0.777. The number of benzene rings is 2. The second-order valence-electron chi connectivity index (χ2n) is 9.09. The molecule has 1 aliphatic carbocycles. The van der Waals surface area contributed by atoms with E-state index in [-0.39, 0.29) is 23.9 Å². The first kappa shape index (κ1) is 23.6. The molecule has 2 heterocycles. The predicted octanol–water partition coefficient (Wildman–Crippen LogP) is 4.15. The summed E-state index contributed by atoms with van der Waals surface area (Å²) in [6, 6.07) is 16.1. The first-order valence-corrected chi connectivity index (χ1v) is 13.0. The molecule has 35 heavy (non-hydrogen) atoms. The number of carbonyl (C=O) groups excluding carboxylic acids is 2. The molecule has 0 bridgehead atoms. The highest BCUT2D eigenvalue weighted by Crippen LogP contribution is 2.32. The molecule has 3 aromatic rings. The van der Waals surface area contributed by atoms with E-state index in [9.17, 15) is 14.0 Å².